The first-order chi connectivity index (χ1) is 14.3. The Hall–Kier alpha value is -2.33. The SMILES string of the molecule is C[C@H]1CCc2c(ccc3c2nc(Cc2ccccc2)n3[C@@H]2CC[C@@H]3CNC[C@H]32)N1. The zero-order valence-electron chi connectivity index (χ0n) is 17.2. The molecule has 1 aliphatic carbocycles. The van der Waals surface area contributed by atoms with Crippen LogP contribution >= 0.6 is 0 Å². The van der Waals surface area contributed by atoms with Crippen molar-refractivity contribution in [2.75, 3.05) is 18.4 Å². The molecule has 3 aromatic rings. The summed E-state index contributed by atoms with van der Waals surface area (Å²) >= 11 is 0. The van der Waals surface area contributed by atoms with Gasteiger partial charge < -0.3 is 15.2 Å². The van der Waals surface area contributed by atoms with Gasteiger partial charge in [-0.25, -0.2) is 4.98 Å². The Morgan fingerprint density at radius 1 is 1.03 bits per heavy atom. The first-order valence-corrected chi connectivity index (χ1v) is 11.3. The first-order valence-electron chi connectivity index (χ1n) is 11.3. The molecule has 3 aliphatic rings. The minimum absolute atomic E-state index is 0.547. The van der Waals surface area contributed by atoms with Crippen molar-refractivity contribution < 1.29 is 0 Å². The van der Waals surface area contributed by atoms with Crippen molar-refractivity contribution in [2.45, 2.75) is 51.1 Å². The summed E-state index contributed by atoms with van der Waals surface area (Å²) in [5, 5.41) is 7.32. The topological polar surface area (TPSA) is 41.9 Å². The summed E-state index contributed by atoms with van der Waals surface area (Å²) in [5.41, 5.74) is 6.65. The summed E-state index contributed by atoms with van der Waals surface area (Å²) in [6.07, 6.45) is 5.86. The molecule has 1 aromatic heterocycles. The lowest BCUT2D eigenvalue weighted by atomic mass is 9.96. The molecular weight excluding hydrogens is 356 g/mol. The van der Waals surface area contributed by atoms with Crippen molar-refractivity contribution in [3.05, 3.63) is 59.4 Å². The fourth-order valence-electron chi connectivity index (χ4n) is 6.06. The standard InChI is InChI=1S/C25H30N4/c1-16-7-9-19-21(27-16)10-12-23-25(19)28-24(13-17-5-3-2-4-6-17)29(23)22-11-8-18-14-26-15-20(18)22/h2-6,10,12,16,18,20,22,26-27H,7-9,11,13-15H2,1H3/t16-,18+,20+,22+/m0/s1. The van der Waals surface area contributed by atoms with Crippen molar-refractivity contribution in [1.29, 1.82) is 0 Å². The maximum Gasteiger partial charge on any atom is 0.114 e. The van der Waals surface area contributed by atoms with Crippen LogP contribution in [0, 0.1) is 11.8 Å². The number of anilines is 1. The molecule has 1 saturated heterocycles. The van der Waals surface area contributed by atoms with Crippen LogP contribution in [0.3, 0.4) is 0 Å². The lowest BCUT2D eigenvalue weighted by Gasteiger charge is -2.25. The molecule has 0 radical (unpaired) electrons. The first kappa shape index (κ1) is 17.5. The van der Waals surface area contributed by atoms with E-state index in [0.29, 0.717) is 12.1 Å². The highest BCUT2D eigenvalue weighted by atomic mass is 15.1. The summed E-state index contributed by atoms with van der Waals surface area (Å²) in [6.45, 7) is 4.63. The lowest BCUT2D eigenvalue weighted by molar-refractivity contribution is 0.370. The van der Waals surface area contributed by atoms with E-state index in [4.69, 9.17) is 4.98 Å². The van der Waals surface area contributed by atoms with Crippen molar-refractivity contribution in [3.8, 4) is 0 Å². The van der Waals surface area contributed by atoms with Crippen LogP contribution in [-0.4, -0.2) is 28.7 Å². The van der Waals surface area contributed by atoms with E-state index < -0.39 is 0 Å². The number of hydrogen-bond donors (Lipinski definition) is 2. The predicted octanol–water partition coefficient (Wildman–Crippen LogP) is 4.54. The highest BCUT2D eigenvalue weighted by molar-refractivity contribution is 5.86. The molecule has 29 heavy (non-hydrogen) atoms. The monoisotopic (exact) mass is 386 g/mol. The molecule has 2 aliphatic heterocycles. The van der Waals surface area contributed by atoms with E-state index in [2.05, 4.69) is 64.6 Å². The van der Waals surface area contributed by atoms with Crippen LogP contribution in [0.5, 0.6) is 0 Å². The van der Waals surface area contributed by atoms with E-state index in [0.717, 1.165) is 31.2 Å². The number of nitrogens with one attached hydrogen (secondary N) is 2. The minimum atomic E-state index is 0.547. The normalized spacial score (nSPS) is 28.3. The third kappa shape index (κ3) is 2.88. The number of imidazole rings is 1. The molecular formula is C25H30N4. The highest BCUT2D eigenvalue weighted by Gasteiger charge is 2.41. The van der Waals surface area contributed by atoms with Gasteiger partial charge in [0, 0.05) is 36.3 Å². The van der Waals surface area contributed by atoms with Gasteiger partial charge in [0.05, 0.1) is 11.0 Å². The molecule has 150 valence electrons. The van der Waals surface area contributed by atoms with Gasteiger partial charge in [-0.1, -0.05) is 30.3 Å². The van der Waals surface area contributed by atoms with Gasteiger partial charge in [0.1, 0.15) is 5.82 Å². The van der Waals surface area contributed by atoms with Crippen molar-refractivity contribution in [2.24, 2.45) is 11.8 Å². The number of aryl methyl sites for hydroxylation is 1. The maximum atomic E-state index is 5.31. The predicted molar refractivity (Wildman–Crippen MR) is 119 cm³/mol. The molecule has 4 nitrogen and oxygen atoms in total. The molecule has 0 unspecified atom stereocenters. The van der Waals surface area contributed by atoms with Crippen molar-refractivity contribution in [3.63, 3.8) is 0 Å². The summed E-state index contributed by atoms with van der Waals surface area (Å²) in [5.74, 6) is 2.83. The van der Waals surface area contributed by atoms with Gasteiger partial charge in [0.15, 0.2) is 0 Å². The molecule has 2 fully saturated rings. The van der Waals surface area contributed by atoms with E-state index in [9.17, 15) is 0 Å². The van der Waals surface area contributed by atoms with Crippen molar-refractivity contribution in [1.82, 2.24) is 14.9 Å². The number of benzene rings is 2. The zero-order valence-corrected chi connectivity index (χ0v) is 17.2. The third-order valence-corrected chi connectivity index (χ3v) is 7.53. The molecule has 2 aromatic carbocycles. The summed E-state index contributed by atoms with van der Waals surface area (Å²) in [7, 11) is 0. The Morgan fingerprint density at radius 3 is 2.83 bits per heavy atom. The Bertz CT molecular complexity index is 1040. The Balaban J connectivity index is 1.51. The third-order valence-electron chi connectivity index (χ3n) is 7.53. The second-order valence-electron chi connectivity index (χ2n) is 9.33. The number of nitrogens with zero attached hydrogens (tertiary/aromatic N) is 2. The summed E-state index contributed by atoms with van der Waals surface area (Å²) in [6, 6.07) is 16.6. The maximum absolute atomic E-state index is 5.31. The van der Waals surface area contributed by atoms with Crippen molar-refractivity contribution >= 4 is 16.7 Å². The largest absolute Gasteiger partial charge is 0.382 e. The van der Waals surface area contributed by atoms with Gasteiger partial charge in [-0.2, -0.15) is 0 Å². The molecule has 3 heterocycles. The van der Waals surface area contributed by atoms with Gasteiger partial charge >= 0.3 is 0 Å². The fourth-order valence-corrected chi connectivity index (χ4v) is 6.06. The van der Waals surface area contributed by atoms with E-state index in [1.807, 2.05) is 0 Å². The Labute approximate surface area is 172 Å². The minimum Gasteiger partial charge on any atom is -0.382 e. The molecule has 4 atom stereocenters. The van der Waals surface area contributed by atoms with Gasteiger partial charge in [0.2, 0.25) is 0 Å². The second-order valence-corrected chi connectivity index (χ2v) is 9.33. The van der Waals surface area contributed by atoms with E-state index in [1.54, 1.807) is 0 Å². The average molecular weight is 387 g/mol. The lowest BCUT2D eigenvalue weighted by Crippen LogP contribution is -2.22. The van der Waals surface area contributed by atoms with Crippen LogP contribution in [0.1, 0.15) is 49.2 Å². The molecule has 0 spiro atoms. The van der Waals surface area contributed by atoms with Crippen LogP contribution < -0.4 is 10.6 Å². The van der Waals surface area contributed by atoms with Crippen LogP contribution in [0.15, 0.2) is 42.5 Å². The summed E-state index contributed by atoms with van der Waals surface area (Å²) in [4.78, 5) is 5.31. The van der Waals surface area contributed by atoms with Crippen LogP contribution in [0.25, 0.3) is 11.0 Å². The fraction of sp³-hybridized carbons (Fsp3) is 0.480. The quantitative estimate of drug-likeness (QED) is 0.694. The molecule has 0 amide bonds. The highest BCUT2D eigenvalue weighted by Crippen LogP contribution is 2.45. The van der Waals surface area contributed by atoms with E-state index in [-0.39, 0.29) is 0 Å². The van der Waals surface area contributed by atoms with Crippen LogP contribution in [-0.2, 0) is 12.8 Å². The zero-order chi connectivity index (χ0) is 19.4. The molecule has 1 saturated carbocycles. The molecule has 4 heteroatoms. The Morgan fingerprint density at radius 2 is 1.93 bits per heavy atom. The van der Waals surface area contributed by atoms with Gasteiger partial charge in [-0.05, 0) is 68.7 Å². The number of fused-ring (bicyclic) bond motifs is 4. The number of hydrogen-bond acceptors (Lipinski definition) is 3. The molecule has 2 N–H and O–H groups in total. The van der Waals surface area contributed by atoms with E-state index >= 15 is 0 Å². The van der Waals surface area contributed by atoms with Gasteiger partial charge in [0.25, 0.3) is 0 Å². The van der Waals surface area contributed by atoms with Gasteiger partial charge in [-0.3, -0.25) is 0 Å². The number of aromatic nitrogens is 2. The average Bonchev–Trinajstić information content (AvgIpc) is 3.43. The smallest absolute Gasteiger partial charge is 0.114 e. The molecule has 0 bridgehead atoms. The van der Waals surface area contributed by atoms with Gasteiger partial charge in [-0.15, -0.1) is 0 Å². The molecule has 6 rings (SSSR count). The number of rotatable bonds is 3. The van der Waals surface area contributed by atoms with Crippen LogP contribution in [0.4, 0.5) is 5.69 Å². The Kier molecular flexibility index (Phi) is 4.15. The summed E-state index contributed by atoms with van der Waals surface area (Å²) < 4.78 is 2.64. The van der Waals surface area contributed by atoms with E-state index in [1.165, 1.54) is 59.5 Å². The van der Waals surface area contributed by atoms with Crippen LogP contribution in [0.2, 0.25) is 0 Å². The second kappa shape index (κ2) is 6.88.